The highest BCUT2D eigenvalue weighted by molar-refractivity contribution is 5.77. The fourth-order valence-corrected chi connectivity index (χ4v) is 2.17. The quantitative estimate of drug-likeness (QED) is 0.643. The van der Waals surface area contributed by atoms with Crippen LogP contribution in [0.15, 0.2) is 0 Å². The van der Waals surface area contributed by atoms with E-state index in [1.165, 1.54) is 0 Å². The highest BCUT2D eigenvalue weighted by atomic mass is 16.3. The lowest BCUT2D eigenvalue weighted by atomic mass is 10.2. The smallest absolute Gasteiger partial charge is 0.224 e. The number of hydrogen-bond acceptors (Lipinski definition) is 4. The number of aliphatic hydroxyl groups is 1. The average Bonchev–Trinajstić information content (AvgIpc) is 2.55. The summed E-state index contributed by atoms with van der Waals surface area (Å²) in [6.07, 6.45) is 0.847. The molecule has 0 aromatic rings. The first-order valence-electron chi connectivity index (χ1n) is 5.81. The number of nitrogens with zero attached hydrogens (tertiary/aromatic N) is 2. The molecule has 5 heteroatoms. The van der Waals surface area contributed by atoms with E-state index in [4.69, 9.17) is 0 Å². The summed E-state index contributed by atoms with van der Waals surface area (Å²) in [5.74, 6) is 0.137. The first-order chi connectivity index (χ1) is 7.54. The maximum atomic E-state index is 11.9. The van der Waals surface area contributed by atoms with Crippen molar-refractivity contribution in [3.05, 3.63) is 0 Å². The molecule has 0 aromatic heterocycles. The summed E-state index contributed by atoms with van der Waals surface area (Å²) >= 11 is 0. The molecule has 94 valence electrons. The van der Waals surface area contributed by atoms with Crippen LogP contribution in [0.3, 0.4) is 0 Å². The summed E-state index contributed by atoms with van der Waals surface area (Å²) in [6, 6.07) is 0.161. The highest BCUT2D eigenvalue weighted by Gasteiger charge is 2.33. The Morgan fingerprint density at radius 2 is 2.25 bits per heavy atom. The van der Waals surface area contributed by atoms with Crippen molar-refractivity contribution >= 4 is 5.91 Å². The number of amides is 1. The Kier molecular flexibility index (Phi) is 5.18. The number of β-amino-alcohol motifs (C(OH)–C–C–N with tert-alkyl or cyclic N) is 1. The topological polar surface area (TPSA) is 55.8 Å². The van der Waals surface area contributed by atoms with Crippen LogP contribution >= 0.6 is 0 Å². The van der Waals surface area contributed by atoms with E-state index in [2.05, 4.69) is 10.2 Å². The van der Waals surface area contributed by atoms with Gasteiger partial charge in [0.05, 0.1) is 6.10 Å². The number of carbonyl (C=O) groups excluding carboxylic acids is 1. The molecule has 1 rings (SSSR count). The lowest BCUT2D eigenvalue weighted by Gasteiger charge is -2.26. The van der Waals surface area contributed by atoms with E-state index in [0.717, 1.165) is 6.54 Å². The van der Waals surface area contributed by atoms with Gasteiger partial charge in [-0.15, -0.1) is 0 Å². The second-order valence-corrected chi connectivity index (χ2v) is 4.71. The van der Waals surface area contributed by atoms with Crippen molar-refractivity contribution < 1.29 is 9.90 Å². The van der Waals surface area contributed by atoms with Gasteiger partial charge in [0.25, 0.3) is 0 Å². The van der Waals surface area contributed by atoms with Gasteiger partial charge >= 0.3 is 0 Å². The Balaban J connectivity index is 2.51. The first-order valence-corrected chi connectivity index (χ1v) is 5.81. The third-order valence-electron chi connectivity index (χ3n) is 2.88. The minimum absolute atomic E-state index is 0.137. The third kappa shape index (κ3) is 3.73. The molecule has 5 nitrogen and oxygen atoms in total. The van der Waals surface area contributed by atoms with Crippen LogP contribution in [-0.4, -0.2) is 73.7 Å². The van der Waals surface area contributed by atoms with Gasteiger partial charge in [0.1, 0.15) is 0 Å². The summed E-state index contributed by atoms with van der Waals surface area (Å²) < 4.78 is 0. The molecule has 1 aliphatic rings. The zero-order valence-electron chi connectivity index (χ0n) is 10.4. The van der Waals surface area contributed by atoms with E-state index < -0.39 is 0 Å². The number of likely N-dealkylation sites (N-methyl/N-ethyl adjacent to an activating group) is 1. The largest absolute Gasteiger partial charge is 0.391 e. The molecule has 0 spiro atoms. The zero-order valence-corrected chi connectivity index (χ0v) is 10.4. The van der Waals surface area contributed by atoms with Crippen LogP contribution in [0.4, 0.5) is 0 Å². The molecule has 0 radical (unpaired) electrons. The first kappa shape index (κ1) is 13.4. The van der Waals surface area contributed by atoms with Crippen LogP contribution in [0.2, 0.25) is 0 Å². The summed E-state index contributed by atoms with van der Waals surface area (Å²) in [6.45, 7) is 2.00. The maximum Gasteiger partial charge on any atom is 0.224 e. The predicted octanol–water partition coefficient (Wildman–Crippen LogP) is -0.881. The normalized spacial score (nSPS) is 25.4. The van der Waals surface area contributed by atoms with Crippen LogP contribution in [-0.2, 0) is 4.79 Å². The maximum absolute atomic E-state index is 11.9. The van der Waals surface area contributed by atoms with Crippen LogP contribution in [0.25, 0.3) is 0 Å². The average molecular weight is 229 g/mol. The SMILES string of the molecule is CNCCC(=O)N1CC(O)CC1CN(C)C. The zero-order chi connectivity index (χ0) is 12.1. The van der Waals surface area contributed by atoms with Gasteiger partial charge in [-0.05, 0) is 27.6 Å². The van der Waals surface area contributed by atoms with Crippen molar-refractivity contribution in [2.75, 3.05) is 40.8 Å². The van der Waals surface area contributed by atoms with Crippen molar-refractivity contribution in [1.29, 1.82) is 0 Å². The highest BCUT2D eigenvalue weighted by Crippen LogP contribution is 2.19. The van der Waals surface area contributed by atoms with Gasteiger partial charge in [-0.3, -0.25) is 4.79 Å². The van der Waals surface area contributed by atoms with E-state index in [0.29, 0.717) is 25.9 Å². The van der Waals surface area contributed by atoms with Gasteiger partial charge in [0.2, 0.25) is 5.91 Å². The molecule has 0 aromatic carbocycles. The Morgan fingerprint density at radius 1 is 1.56 bits per heavy atom. The fraction of sp³-hybridized carbons (Fsp3) is 0.909. The predicted molar refractivity (Wildman–Crippen MR) is 63.2 cm³/mol. The standard InChI is InChI=1S/C11H23N3O2/c1-12-5-4-11(16)14-8-10(15)6-9(14)7-13(2)3/h9-10,12,15H,4-8H2,1-3H3. The summed E-state index contributed by atoms with van der Waals surface area (Å²) in [4.78, 5) is 15.8. The van der Waals surface area contributed by atoms with Gasteiger partial charge in [-0.25, -0.2) is 0 Å². The van der Waals surface area contributed by atoms with E-state index in [-0.39, 0.29) is 18.1 Å². The molecule has 2 N–H and O–H groups in total. The van der Waals surface area contributed by atoms with Crippen LogP contribution in [0.5, 0.6) is 0 Å². The van der Waals surface area contributed by atoms with Crippen LogP contribution in [0.1, 0.15) is 12.8 Å². The Morgan fingerprint density at radius 3 is 2.81 bits per heavy atom. The van der Waals surface area contributed by atoms with Crippen LogP contribution < -0.4 is 5.32 Å². The van der Waals surface area contributed by atoms with Gasteiger partial charge in [-0.2, -0.15) is 0 Å². The van der Waals surface area contributed by atoms with Crippen molar-refractivity contribution in [2.45, 2.75) is 25.0 Å². The van der Waals surface area contributed by atoms with E-state index in [9.17, 15) is 9.90 Å². The minimum Gasteiger partial charge on any atom is -0.391 e. The Hall–Kier alpha value is -0.650. The van der Waals surface area contributed by atoms with Gasteiger partial charge in [0.15, 0.2) is 0 Å². The molecular weight excluding hydrogens is 206 g/mol. The summed E-state index contributed by atoms with van der Waals surface area (Å²) in [5, 5.41) is 12.6. The van der Waals surface area contributed by atoms with Gasteiger partial charge in [0, 0.05) is 32.1 Å². The Labute approximate surface area is 97.4 Å². The number of nitrogens with one attached hydrogen (secondary N) is 1. The lowest BCUT2D eigenvalue weighted by molar-refractivity contribution is -0.132. The molecule has 0 bridgehead atoms. The van der Waals surface area contributed by atoms with Crippen LogP contribution in [0, 0.1) is 0 Å². The molecule has 1 saturated heterocycles. The van der Waals surface area contributed by atoms with E-state index in [1.807, 2.05) is 26.0 Å². The number of aliphatic hydroxyl groups excluding tert-OH is 1. The molecule has 2 unspecified atom stereocenters. The van der Waals surface area contributed by atoms with Crippen molar-refractivity contribution in [3.63, 3.8) is 0 Å². The third-order valence-corrected chi connectivity index (χ3v) is 2.88. The molecule has 1 fully saturated rings. The van der Waals surface area contributed by atoms with Gasteiger partial charge in [-0.1, -0.05) is 0 Å². The van der Waals surface area contributed by atoms with Gasteiger partial charge < -0.3 is 20.2 Å². The summed E-state index contributed by atoms with van der Waals surface area (Å²) in [5.41, 5.74) is 0. The number of hydrogen-bond donors (Lipinski definition) is 2. The molecule has 1 amide bonds. The van der Waals surface area contributed by atoms with Crippen molar-refractivity contribution in [1.82, 2.24) is 15.1 Å². The minimum atomic E-state index is -0.358. The number of likely N-dealkylation sites (tertiary alicyclic amines) is 1. The second kappa shape index (κ2) is 6.18. The number of rotatable bonds is 5. The van der Waals surface area contributed by atoms with E-state index in [1.54, 1.807) is 0 Å². The number of carbonyl (C=O) groups is 1. The molecule has 2 atom stereocenters. The molecule has 1 heterocycles. The Bertz CT molecular complexity index is 233. The molecule has 0 aliphatic carbocycles. The molecule has 0 saturated carbocycles. The second-order valence-electron chi connectivity index (χ2n) is 4.71. The summed E-state index contributed by atoms with van der Waals surface area (Å²) in [7, 11) is 5.81. The van der Waals surface area contributed by atoms with Crippen molar-refractivity contribution in [3.8, 4) is 0 Å². The molecular formula is C11H23N3O2. The fourth-order valence-electron chi connectivity index (χ4n) is 2.17. The molecule has 16 heavy (non-hydrogen) atoms. The molecule has 1 aliphatic heterocycles. The monoisotopic (exact) mass is 229 g/mol. The van der Waals surface area contributed by atoms with Crippen molar-refractivity contribution in [2.24, 2.45) is 0 Å². The lowest BCUT2D eigenvalue weighted by Crippen LogP contribution is -2.42. The van der Waals surface area contributed by atoms with E-state index >= 15 is 0 Å².